The van der Waals surface area contributed by atoms with Crippen LogP contribution < -0.4 is 10.5 Å². The van der Waals surface area contributed by atoms with Gasteiger partial charge in [0.25, 0.3) is 0 Å². The van der Waals surface area contributed by atoms with E-state index in [4.69, 9.17) is 10.9 Å². The van der Waals surface area contributed by atoms with Gasteiger partial charge in [0.1, 0.15) is 5.84 Å². The molecule has 7 heteroatoms. The van der Waals surface area contributed by atoms with Crippen LogP contribution in [0.3, 0.4) is 0 Å². The summed E-state index contributed by atoms with van der Waals surface area (Å²) in [6.45, 7) is 5.02. The Labute approximate surface area is 90.6 Å². The van der Waals surface area contributed by atoms with Crippen molar-refractivity contribution in [1.29, 1.82) is 0 Å². The molecule has 4 N–H and O–H groups in total. The van der Waals surface area contributed by atoms with Gasteiger partial charge in [-0.3, -0.25) is 0 Å². The third-order valence-electron chi connectivity index (χ3n) is 2.03. The lowest BCUT2D eigenvalue weighted by Crippen LogP contribution is -2.40. The van der Waals surface area contributed by atoms with E-state index in [1.807, 2.05) is 6.92 Å². The van der Waals surface area contributed by atoms with Gasteiger partial charge >= 0.3 is 0 Å². The Morgan fingerprint density at radius 3 is 2.40 bits per heavy atom. The fourth-order valence-electron chi connectivity index (χ4n) is 0.931. The van der Waals surface area contributed by atoms with Crippen LogP contribution in [0.4, 0.5) is 0 Å². The fourth-order valence-corrected chi connectivity index (χ4v) is 1.92. The van der Waals surface area contributed by atoms with E-state index in [1.54, 1.807) is 13.8 Å². The molecule has 0 aromatic rings. The number of nitrogens with one attached hydrogen (secondary N) is 1. The monoisotopic (exact) mass is 237 g/mol. The molecule has 0 aromatic heterocycles. The largest absolute Gasteiger partial charge is 0.409 e. The summed E-state index contributed by atoms with van der Waals surface area (Å²) in [5.74, 6) is 0.0216. The molecule has 90 valence electrons. The van der Waals surface area contributed by atoms with Crippen LogP contribution in [0.1, 0.15) is 33.6 Å². The summed E-state index contributed by atoms with van der Waals surface area (Å²) in [7, 11) is -3.31. The first-order valence-corrected chi connectivity index (χ1v) is 6.35. The Kier molecular flexibility index (Phi) is 5.59. The first kappa shape index (κ1) is 14.2. The molecule has 0 bridgehead atoms. The summed E-state index contributed by atoms with van der Waals surface area (Å²) in [6.07, 6.45) is 0.793. The van der Waals surface area contributed by atoms with E-state index in [-0.39, 0.29) is 18.3 Å². The molecule has 0 aliphatic heterocycles. The molecule has 1 atom stereocenters. The molecule has 0 saturated carbocycles. The highest BCUT2D eigenvalue weighted by Crippen LogP contribution is 2.04. The summed E-state index contributed by atoms with van der Waals surface area (Å²) < 4.78 is 25.5. The van der Waals surface area contributed by atoms with E-state index in [2.05, 4.69) is 9.88 Å². The average Bonchev–Trinajstić information content (AvgIpc) is 2.15. The second-order valence-corrected chi connectivity index (χ2v) is 5.88. The van der Waals surface area contributed by atoms with Crippen LogP contribution in [0, 0.1) is 0 Å². The molecule has 6 nitrogen and oxygen atoms in total. The molecule has 0 amide bonds. The zero-order valence-electron chi connectivity index (χ0n) is 9.27. The van der Waals surface area contributed by atoms with Gasteiger partial charge in [-0.05, 0) is 20.3 Å². The van der Waals surface area contributed by atoms with Gasteiger partial charge in [-0.1, -0.05) is 12.1 Å². The number of amidine groups is 1. The first-order chi connectivity index (χ1) is 6.83. The lowest BCUT2D eigenvalue weighted by Gasteiger charge is -2.17. The molecule has 0 radical (unpaired) electrons. The minimum atomic E-state index is -3.31. The van der Waals surface area contributed by atoms with Crippen molar-refractivity contribution in [1.82, 2.24) is 4.72 Å². The number of nitrogens with two attached hydrogens (primary N) is 1. The van der Waals surface area contributed by atoms with Crippen molar-refractivity contribution in [3.63, 3.8) is 0 Å². The lowest BCUT2D eigenvalue weighted by molar-refractivity contribution is 0.316. The van der Waals surface area contributed by atoms with Crippen molar-refractivity contribution in [2.75, 3.05) is 0 Å². The SMILES string of the molecule is CCC(CC(N)=NO)NS(=O)(=O)C(C)C. The molecule has 0 aliphatic carbocycles. The van der Waals surface area contributed by atoms with Crippen molar-refractivity contribution in [3.05, 3.63) is 0 Å². The Bertz CT molecular complexity index is 311. The summed E-state index contributed by atoms with van der Waals surface area (Å²) in [6, 6.07) is -0.326. The second kappa shape index (κ2) is 5.92. The van der Waals surface area contributed by atoms with E-state index < -0.39 is 15.3 Å². The lowest BCUT2D eigenvalue weighted by atomic mass is 10.1. The van der Waals surface area contributed by atoms with E-state index in [0.29, 0.717) is 6.42 Å². The number of nitrogens with zero attached hydrogens (tertiary/aromatic N) is 1. The Morgan fingerprint density at radius 1 is 1.53 bits per heavy atom. The summed E-state index contributed by atoms with van der Waals surface area (Å²) in [5.41, 5.74) is 5.31. The second-order valence-electron chi connectivity index (χ2n) is 3.61. The van der Waals surface area contributed by atoms with Crippen molar-refractivity contribution in [2.24, 2.45) is 10.9 Å². The maximum Gasteiger partial charge on any atom is 0.214 e. The molecule has 0 rings (SSSR count). The Balaban J connectivity index is 4.48. The van der Waals surface area contributed by atoms with E-state index in [0.717, 1.165) is 0 Å². The summed E-state index contributed by atoms with van der Waals surface area (Å²) in [5, 5.41) is 10.7. The van der Waals surface area contributed by atoms with Crippen LogP contribution in [0.2, 0.25) is 0 Å². The van der Waals surface area contributed by atoms with Crippen molar-refractivity contribution >= 4 is 15.9 Å². The molecule has 0 aliphatic rings. The number of oxime groups is 1. The maximum atomic E-state index is 11.5. The van der Waals surface area contributed by atoms with Gasteiger partial charge in [0.2, 0.25) is 10.0 Å². The topological polar surface area (TPSA) is 105 Å². The van der Waals surface area contributed by atoms with Gasteiger partial charge in [0.15, 0.2) is 0 Å². The normalized spacial score (nSPS) is 15.6. The first-order valence-electron chi connectivity index (χ1n) is 4.81. The van der Waals surface area contributed by atoms with Gasteiger partial charge in [0, 0.05) is 12.5 Å². The summed E-state index contributed by atoms with van der Waals surface area (Å²) in [4.78, 5) is 0. The zero-order chi connectivity index (χ0) is 12.1. The van der Waals surface area contributed by atoms with Gasteiger partial charge in [-0.25, -0.2) is 13.1 Å². The maximum absolute atomic E-state index is 11.5. The van der Waals surface area contributed by atoms with Crippen molar-refractivity contribution < 1.29 is 13.6 Å². The van der Waals surface area contributed by atoms with E-state index in [9.17, 15) is 8.42 Å². The van der Waals surface area contributed by atoms with Gasteiger partial charge in [-0.2, -0.15) is 0 Å². The van der Waals surface area contributed by atoms with E-state index >= 15 is 0 Å². The van der Waals surface area contributed by atoms with Gasteiger partial charge < -0.3 is 10.9 Å². The summed E-state index contributed by atoms with van der Waals surface area (Å²) >= 11 is 0. The van der Waals surface area contributed by atoms with Crippen LogP contribution >= 0.6 is 0 Å². The van der Waals surface area contributed by atoms with E-state index in [1.165, 1.54) is 0 Å². The van der Waals surface area contributed by atoms with Crippen LogP contribution in [0.25, 0.3) is 0 Å². The standard InChI is InChI=1S/C8H19N3O3S/c1-4-7(5-8(9)10-12)11-15(13,14)6(2)3/h6-7,11-12H,4-5H2,1-3H3,(H2,9,10). The van der Waals surface area contributed by atoms with Gasteiger partial charge in [0.05, 0.1) is 5.25 Å². The Morgan fingerprint density at radius 2 is 2.07 bits per heavy atom. The van der Waals surface area contributed by atoms with Crippen LogP contribution in [0.15, 0.2) is 5.16 Å². The number of hydrogen-bond donors (Lipinski definition) is 3. The number of hydrogen-bond acceptors (Lipinski definition) is 4. The molecule has 0 fully saturated rings. The molecule has 1 unspecified atom stereocenters. The molecule has 0 spiro atoms. The van der Waals surface area contributed by atoms with Crippen molar-refractivity contribution in [3.8, 4) is 0 Å². The number of sulfonamides is 1. The molecule has 0 aromatic carbocycles. The number of rotatable bonds is 6. The molecular weight excluding hydrogens is 218 g/mol. The smallest absolute Gasteiger partial charge is 0.214 e. The third-order valence-corrected chi connectivity index (χ3v) is 3.93. The predicted molar refractivity (Wildman–Crippen MR) is 59.3 cm³/mol. The Hall–Kier alpha value is -0.820. The van der Waals surface area contributed by atoms with Crippen LogP contribution in [0.5, 0.6) is 0 Å². The minimum absolute atomic E-state index is 0.0216. The molecule has 0 heterocycles. The highest BCUT2D eigenvalue weighted by Gasteiger charge is 2.20. The molecule has 15 heavy (non-hydrogen) atoms. The van der Waals surface area contributed by atoms with Crippen LogP contribution in [-0.4, -0.2) is 30.8 Å². The zero-order valence-corrected chi connectivity index (χ0v) is 10.1. The molecule has 0 saturated heterocycles. The fraction of sp³-hybridized carbons (Fsp3) is 0.875. The highest BCUT2D eigenvalue weighted by molar-refractivity contribution is 7.90. The van der Waals surface area contributed by atoms with Gasteiger partial charge in [-0.15, -0.1) is 0 Å². The van der Waals surface area contributed by atoms with Crippen molar-refractivity contribution in [2.45, 2.75) is 44.9 Å². The highest BCUT2D eigenvalue weighted by atomic mass is 32.2. The van der Waals surface area contributed by atoms with Crippen LogP contribution in [-0.2, 0) is 10.0 Å². The minimum Gasteiger partial charge on any atom is -0.409 e. The average molecular weight is 237 g/mol. The molecular formula is C8H19N3O3S. The quantitative estimate of drug-likeness (QED) is 0.266. The third kappa shape index (κ3) is 4.98. The predicted octanol–water partition coefficient (Wildman–Crippen LogP) is 0.229.